The highest BCUT2D eigenvalue weighted by Crippen LogP contribution is 2.27. The minimum Gasteiger partial charge on any atom is -0.481 e. The molecule has 28 heavy (non-hydrogen) atoms. The fourth-order valence-corrected chi connectivity index (χ4v) is 2.64. The molecule has 0 spiro atoms. The zero-order valence-electron chi connectivity index (χ0n) is 14.9. The summed E-state index contributed by atoms with van der Waals surface area (Å²) in [5.74, 6) is -1.42. The van der Waals surface area contributed by atoms with Gasteiger partial charge in [0.15, 0.2) is 6.61 Å². The molecule has 2 aromatic carbocycles. The van der Waals surface area contributed by atoms with E-state index in [1.54, 1.807) is 37.3 Å². The first-order chi connectivity index (χ1) is 13.4. The Morgan fingerprint density at radius 3 is 2.68 bits per heavy atom. The first kappa shape index (κ1) is 21.1. The van der Waals surface area contributed by atoms with Crippen LogP contribution in [-0.2, 0) is 14.3 Å². The van der Waals surface area contributed by atoms with Crippen LogP contribution in [0.5, 0.6) is 5.75 Å². The number of benzene rings is 2. The molecular weight excluding hydrogens is 431 g/mol. The molecule has 0 bridgehead atoms. The van der Waals surface area contributed by atoms with Gasteiger partial charge in [0.1, 0.15) is 23.2 Å². The monoisotopic (exact) mass is 446 g/mol. The Labute approximate surface area is 169 Å². The van der Waals surface area contributed by atoms with E-state index in [4.69, 9.17) is 9.47 Å². The zero-order valence-corrected chi connectivity index (χ0v) is 16.5. The van der Waals surface area contributed by atoms with Gasteiger partial charge in [-0.3, -0.25) is 4.79 Å². The summed E-state index contributed by atoms with van der Waals surface area (Å²) in [7, 11) is 0. The van der Waals surface area contributed by atoms with Crippen LogP contribution in [-0.4, -0.2) is 25.1 Å². The maximum atomic E-state index is 13.6. The Kier molecular flexibility index (Phi) is 7.72. The summed E-state index contributed by atoms with van der Waals surface area (Å²) in [5, 5.41) is 11.6. The van der Waals surface area contributed by atoms with E-state index in [1.165, 1.54) is 24.3 Å². The molecule has 0 aliphatic rings. The van der Waals surface area contributed by atoms with Crippen molar-refractivity contribution in [2.45, 2.75) is 6.92 Å². The van der Waals surface area contributed by atoms with E-state index in [-0.39, 0.29) is 24.5 Å². The Hall–Kier alpha value is -3.18. The number of halogens is 2. The zero-order chi connectivity index (χ0) is 20.5. The molecular formula is C20H16BrFN2O4. The molecule has 0 saturated heterocycles. The molecule has 0 aliphatic heterocycles. The van der Waals surface area contributed by atoms with E-state index in [1.807, 2.05) is 0 Å². The smallest absolute Gasteiger partial charge is 0.344 e. The van der Waals surface area contributed by atoms with Crippen molar-refractivity contribution in [1.29, 1.82) is 5.26 Å². The fraction of sp³-hybridized carbons (Fsp3) is 0.150. The number of hydrogen-bond acceptors (Lipinski definition) is 5. The predicted molar refractivity (Wildman–Crippen MR) is 105 cm³/mol. The number of nitrogens with zero attached hydrogens (tertiary/aromatic N) is 1. The Bertz CT molecular complexity index is 953. The third kappa shape index (κ3) is 5.93. The summed E-state index contributed by atoms with van der Waals surface area (Å²) >= 11 is 3.31. The molecule has 1 amide bonds. The quantitative estimate of drug-likeness (QED) is 0.393. The Morgan fingerprint density at radius 2 is 2.04 bits per heavy atom. The van der Waals surface area contributed by atoms with Gasteiger partial charge in [-0.05, 0) is 58.8 Å². The van der Waals surface area contributed by atoms with Gasteiger partial charge in [-0.1, -0.05) is 18.2 Å². The lowest BCUT2D eigenvalue weighted by Crippen LogP contribution is -2.15. The molecule has 144 valence electrons. The van der Waals surface area contributed by atoms with Gasteiger partial charge in [-0.15, -0.1) is 0 Å². The van der Waals surface area contributed by atoms with Crippen molar-refractivity contribution in [3.8, 4) is 11.8 Å². The van der Waals surface area contributed by atoms with Crippen LogP contribution in [0, 0.1) is 17.1 Å². The number of para-hydroxylation sites is 1. The number of ether oxygens (including phenoxy) is 2. The van der Waals surface area contributed by atoms with Crippen molar-refractivity contribution >= 4 is 39.6 Å². The van der Waals surface area contributed by atoms with Crippen molar-refractivity contribution in [1.82, 2.24) is 0 Å². The maximum Gasteiger partial charge on any atom is 0.344 e. The number of nitrogens with one attached hydrogen (secondary N) is 1. The first-order valence-electron chi connectivity index (χ1n) is 8.20. The topological polar surface area (TPSA) is 88.4 Å². The normalized spacial score (nSPS) is 10.7. The van der Waals surface area contributed by atoms with Crippen LogP contribution in [0.4, 0.5) is 10.1 Å². The molecule has 0 radical (unpaired) electrons. The number of rotatable bonds is 7. The summed E-state index contributed by atoms with van der Waals surface area (Å²) in [6, 6.07) is 12.3. The van der Waals surface area contributed by atoms with Crippen LogP contribution in [0.25, 0.3) is 6.08 Å². The van der Waals surface area contributed by atoms with Crippen molar-refractivity contribution < 1.29 is 23.5 Å². The molecule has 2 rings (SSSR count). The van der Waals surface area contributed by atoms with Gasteiger partial charge in [-0.25, -0.2) is 9.18 Å². The van der Waals surface area contributed by atoms with Crippen LogP contribution >= 0.6 is 15.9 Å². The molecule has 0 aliphatic carbocycles. The number of carbonyl (C=O) groups excluding carboxylic acids is 2. The highest BCUT2D eigenvalue weighted by Gasteiger charge is 2.13. The summed E-state index contributed by atoms with van der Waals surface area (Å²) in [5.41, 5.74) is 0.323. The lowest BCUT2D eigenvalue weighted by Gasteiger charge is -2.09. The number of nitriles is 1. The molecule has 6 nitrogen and oxygen atoms in total. The molecule has 0 saturated carbocycles. The molecule has 0 atom stereocenters. The lowest BCUT2D eigenvalue weighted by molar-refractivity contribution is -0.145. The second-order valence-corrected chi connectivity index (χ2v) is 6.24. The fourth-order valence-electron chi connectivity index (χ4n) is 2.13. The molecule has 2 aromatic rings. The van der Waals surface area contributed by atoms with Gasteiger partial charge in [-0.2, -0.15) is 5.26 Å². The maximum absolute atomic E-state index is 13.6. The Morgan fingerprint density at radius 1 is 1.29 bits per heavy atom. The van der Waals surface area contributed by atoms with Gasteiger partial charge in [0.05, 0.1) is 16.8 Å². The second kappa shape index (κ2) is 10.2. The van der Waals surface area contributed by atoms with Gasteiger partial charge >= 0.3 is 5.97 Å². The van der Waals surface area contributed by atoms with E-state index in [0.29, 0.717) is 15.8 Å². The second-order valence-electron chi connectivity index (χ2n) is 5.39. The molecule has 0 heterocycles. The Balaban J connectivity index is 2.12. The summed E-state index contributed by atoms with van der Waals surface area (Å²) < 4.78 is 24.3. The minimum absolute atomic E-state index is 0.0162. The van der Waals surface area contributed by atoms with E-state index >= 15 is 0 Å². The standard InChI is InChI=1S/C20H16BrFN2O4/c1-2-27-19(25)12-28-18-8-7-13(10-15(18)21)9-14(11-23)20(26)24-17-6-4-3-5-16(17)22/h3-10H,2,12H2,1H3,(H,24,26)/b14-9+. The van der Waals surface area contributed by atoms with Gasteiger partial charge in [0.2, 0.25) is 0 Å². The SMILES string of the molecule is CCOC(=O)COc1ccc(/C=C(\C#N)C(=O)Nc2ccccc2F)cc1Br. The predicted octanol–water partition coefficient (Wildman–Crippen LogP) is 4.08. The third-order valence-electron chi connectivity index (χ3n) is 3.40. The highest BCUT2D eigenvalue weighted by atomic mass is 79.9. The average molecular weight is 447 g/mol. The number of esters is 1. The summed E-state index contributed by atoms with van der Waals surface area (Å²) in [6.45, 7) is 1.72. The van der Waals surface area contributed by atoms with E-state index in [2.05, 4.69) is 21.2 Å². The molecule has 1 N–H and O–H groups in total. The molecule has 0 unspecified atom stereocenters. The molecule has 0 aromatic heterocycles. The third-order valence-corrected chi connectivity index (χ3v) is 4.02. The molecule has 8 heteroatoms. The largest absolute Gasteiger partial charge is 0.481 e. The van der Waals surface area contributed by atoms with Gasteiger partial charge < -0.3 is 14.8 Å². The van der Waals surface area contributed by atoms with Crippen molar-refractivity contribution in [3.05, 3.63) is 63.9 Å². The van der Waals surface area contributed by atoms with Crippen molar-refractivity contribution in [3.63, 3.8) is 0 Å². The van der Waals surface area contributed by atoms with E-state index < -0.39 is 17.7 Å². The first-order valence-corrected chi connectivity index (χ1v) is 8.99. The van der Waals surface area contributed by atoms with Crippen LogP contribution < -0.4 is 10.1 Å². The van der Waals surface area contributed by atoms with Crippen LogP contribution in [0.1, 0.15) is 12.5 Å². The van der Waals surface area contributed by atoms with E-state index in [0.717, 1.165) is 0 Å². The number of anilines is 1. The van der Waals surface area contributed by atoms with Gasteiger partial charge in [0.25, 0.3) is 5.91 Å². The van der Waals surface area contributed by atoms with Crippen LogP contribution in [0.3, 0.4) is 0 Å². The molecule has 0 fully saturated rings. The number of carbonyl (C=O) groups is 2. The van der Waals surface area contributed by atoms with Crippen LogP contribution in [0.2, 0.25) is 0 Å². The summed E-state index contributed by atoms with van der Waals surface area (Å²) in [6.07, 6.45) is 1.36. The van der Waals surface area contributed by atoms with E-state index in [9.17, 15) is 19.2 Å². The van der Waals surface area contributed by atoms with Gasteiger partial charge in [0, 0.05) is 0 Å². The average Bonchev–Trinajstić information content (AvgIpc) is 2.67. The highest BCUT2D eigenvalue weighted by molar-refractivity contribution is 9.10. The van der Waals surface area contributed by atoms with Crippen LogP contribution in [0.15, 0.2) is 52.5 Å². The van der Waals surface area contributed by atoms with Crippen molar-refractivity contribution in [2.24, 2.45) is 0 Å². The minimum atomic E-state index is -0.730. The summed E-state index contributed by atoms with van der Waals surface area (Å²) in [4.78, 5) is 23.6. The lowest BCUT2D eigenvalue weighted by atomic mass is 10.1. The number of hydrogen-bond donors (Lipinski definition) is 1. The number of amides is 1. The van der Waals surface area contributed by atoms with Crippen molar-refractivity contribution in [2.75, 3.05) is 18.5 Å².